The number of fused-ring (bicyclic) bond motifs is 1. The number of aromatic hydroxyl groups is 1. The molecule has 0 bridgehead atoms. The fraction of sp³-hybridized carbons (Fsp3) is 0.294. The first-order valence-electron chi connectivity index (χ1n) is 7.46. The molecule has 0 radical (unpaired) electrons. The molecular formula is C17H17N3O2. The Balaban J connectivity index is 1.66. The second-order valence-corrected chi connectivity index (χ2v) is 5.72. The van der Waals surface area contributed by atoms with Crippen LogP contribution in [0.4, 0.5) is 0 Å². The molecule has 5 heteroatoms. The fourth-order valence-electron chi connectivity index (χ4n) is 2.64. The van der Waals surface area contributed by atoms with E-state index in [9.17, 15) is 5.11 Å². The predicted octanol–water partition coefficient (Wildman–Crippen LogP) is 1.98. The Morgan fingerprint density at radius 1 is 1.23 bits per heavy atom. The van der Waals surface area contributed by atoms with Crippen LogP contribution in [0, 0.1) is 5.92 Å². The van der Waals surface area contributed by atoms with Gasteiger partial charge in [-0.15, -0.1) is 0 Å². The zero-order chi connectivity index (χ0) is 14.9. The molecule has 0 amide bonds. The lowest BCUT2D eigenvalue weighted by Crippen LogP contribution is -2.45. The molecule has 2 aliphatic rings. The zero-order valence-electron chi connectivity index (χ0n) is 12.1. The number of nitrogens with zero attached hydrogens (tertiary/aromatic N) is 2. The van der Waals surface area contributed by atoms with Gasteiger partial charge in [0.1, 0.15) is 11.5 Å². The first kappa shape index (κ1) is 13.3. The van der Waals surface area contributed by atoms with E-state index in [2.05, 4.69) is 15.3 Å². The molecule has 1 aromatic carbocycles. The quantitative estimate of drug-likeness (QED) is 0.905. The van der Waals surface area contributed by atoms with Crippen molar-refractivity contribution in [3.05, 3.63) is 41.6 Å². The SMILES string of the molecule is Oc1ccc(-c2cc(OCC3CNC3)c3c(n2)CN=C3)cc1. The summed E-state index contributed by atoms with van der Waals surface area (Å²) in [6, 6.07) is 9.02. The van der Waals surface area contributed by atoms with Gasteiger partial charge in [-0.2, -0.15) is 0 Å². The molecule has 22 heavy (non-hydrogen) atoms. The number of ether oxygens (including phenoxy) is 1. The van der Waals surface area contributed by atoms with Crippen LogP contribution in [0.2, 0.25) is 0 Å². The third-order valence-corrected chi connectivity index (χ3v) is 4.06. The van der Waals surface area contributed by atoms with Crippen LogP contribution >= 0.6 is 0 Å². The van der Waals surface area contributed by atoms with Gasteiger partial charge in [-0.3, -0.25) is 4.99 Å². The second kappa shape index (κ2) is 5.42. The maximum atomic E-state index is 9.42. The number of aromatic nitrogens is 1. The second-order valence-electron chi connectivity index (χ2n) is 5.72. The van der Waals surface area contributed by atoms with Gasteiger partial charge in [0.15, 0.2) is 0 Å². The van der Waals surface area contributed by atoms with Crippen LogP contribution in [0.1, 0.15) is 11.3 Å². The molecular weight excluding hydrogens is 278 g/mol. The first-order valence-corrected chi connectivity index (χ1v) is 7.46. The lowest BCUT2D eigenvalue weighted by Gasteiger charge is -2.27. The number of phenols is 1. The van der Waals surface area contributed by atoms with E-state index in [0.717, 1.165) is 41.4 Å². The summed E-state index contributed by atoms with van der Waals surface area (Å²) in [6.45, 7) is 3.35. The average molecular weight is 295 g/mol. The van der Waals surface area contributed by atoms with Crippen molar-refractivity contribution in [2.24, 2.45) is 10.9 Å². The van der Waals surface area contributed by atoms with Crippen molar-refractivity contribution < 1.29 is 9.84 Å². The van der Waals surface area contributed by atoms with Crippen LogP contribution in [0.25, 0.3) is 11.3 Å². The Morgan fingerprint density at radius 3 is 2.77 bits per heavy atom. The zero-order valence-corrected chi connectivity index (χ0v) is 12.1. The highest BCUT2D eigenvalue weighted by molar-refractivity contribution is 5.88. The Hall–Kier alpha value is -2.40. The summed E-state index contributed by atoms with van der Waals surface area (Å²) in [5, 5.41) is 12.7. The number of hydrogen-bond donors (Lipinski definition) is 2. The minimum Gasteiger partial charge on any atom is -0.508 e. The molecule has 1 saturated heterocycles. The van der Waals surface area contributed by atoms with E-state index >= 15 is 0 Å². The Morgan fingerprint density at radius 2 is 2.05 bits per heavy atom. The van der Waals surface area contributed by atoms with Gasteiger partial charge in [0.25, 0.3) is 0 Å². The molecule has 0 atom stereocenters. The summed E-state index contributed by atoms with van der Waals surface area (Å²) in [5.74, 6) is 1.68. The highest BCUT2D eigenvalue weighted by atomic mass is 16.5. The molecule has 3 heterocycles. The summed E-state index contributed by atoms with van der Waals surface area (Å²) in [4.78, 5) is 8.98. The fourth-order valence-corrected chi connectivity index (χ4v) is 2.64. The van der Waals surface area contributed by atoms with Crippen molar-refractivity contribution in [2.45, 2.75) is 6.54 Å². The summed E-state index contributed by atoms with van der Waals surface area (Å²) in [6.07, 6.45) is 1.84. The van der Waals surface area contributed by atoms with Crippen LogP contribution in [0.3, 0.4) is 0 Å². The van der Waals surface area contributed by atoms with Crippen LogP contribution in [-0.2, 0) is 6.54 Å². The van der Waals surface area contributed by atoms with E-state index in [0.29, 0.717) is 19.1 Å². The molecule has 0 saturated carbocycles. The van der Waals surface area contributed by atoms with Gasteiger partial charge in [-0.1, -0.05) is 0 Å². The summed E-state index contributed by atoms with van der Waals surface area (Å²) >= 11 is 0. The number of nitrogens with one attached hydrogen (secondary N) is 1. The molecule has 0 unspecified atom stereocenters. The van der Waals surface area contributed by atoms with E-state index in [1.165, 1.54) is 0 Å². The number of hydrogen-bond acceptors (Lipinski definition) is 5. The smallest absolute Gasteiger partial charge is 0.132 e. The van der Waals surface area contributed by atoms with Crippen molar-refractivity contribution in [2.75, 3.05) is 19.7 Å². The minimum atomic E-state index is 0.252. The van der Waals surface area contributed by atoms with E-state index in [4.69, 9.17) is 4.74 Å². The maximum Gasteiger partial charge on any atom is 0.132 e. The monoisotopic (exact) mass is 295 g/mol. The van der Waals surface area contributed by atoms with Crippen molar-refractivity contribution in [3.63, 3.8) is 0 Å². The van der Waals surface area contributed by atoms with Crippen molar-refractivity contribution in [3.8, 4) is 22.8 Å². The molecule has 2 aliphatic heterocycles. The predicted molar refractivity (Wildman–Crippen MR) is 84.5 cm³/mol. The third kappa shape index (κ3) is 2.44. The van der Waals surface area contributed by atoms with Gasteiger partial charge in [0.2, 0.25) is 0 Å². The van der Waals surface area contributed by atoms with Gasteiger partial charge in [-0.05, 0) is 24.3 Å². The molecule has 4 rings (SSSR count). The first-order chi connectivity index (χ1) is 10.8. The highest BCUT2D eigenvalue weighted by Gasteiger charge is 2.20. The number of phenolic OH excluding ortho intramolecular Hbond substituents is 1. The number of benzene rings is 1. The number of rotatable bonds is 4. The highest BCUT2D eigenvalue weighted by Crippen LogP contribution is 2.30. The summed E-state index contributed by atoms with van der Waals surface area (Å²) < 4.78 is 6.02. The summed E-state index contributed by atoms with van der Waals surface area (Å²) in [5.41, 5.74) is 3.76. The van der Waals surface area contributed by atoms with Crippen molar-refractivity contribution in [1.29, 1.82) is 0 Å². The summed E-state index contributed by atoms with van der Waals surface area (Å²) in [7, 11) is 0. The lowest BCUT2D eigenvalue weighted by molar-refractivity contribution is 0.199. The standard InChI is InChI=1S/C17H17N3O2/c21-13-3-1-12(2-4-13)15-5-17(22-10-11-6-18-7-11)14-8-19-9-16(14)20-15/h1-5,8,11,18,21H,6-7,9-10H2. The molecule has 5 nitrogen and oxygen atoms in total. The normalized spacial score (nSPS) is 16.4. The molecule has 1 aromatic heterocycles. The van der Waals surface area contributed by atoms with E-state index in [1.807, 2.05) is 24.4 Å². The van der Waals surface area contributed by atoms with E-state index < -0.39 is 0 Å². The van der Waals surface area contributed by atoms with Gasteiger partial charge < -0.3 is 15.2 Å². The Labute approximate surface area is 128 Å². The van der Waals surface area contributed by atoms with Gasteiger partial charge >= 0.3 is 0 Å². The van der Waals surface area contributed by atoms with Crippen LogP contribution in [0.15, 0.2) is 35.3 Å². The van der Waals surface area contributed by atoms with E-state index in [-0.39, 0.29) is 5.75 Å². The van der Waals surface area contributed by atoms with Crippen LogP contribution in [0.5, 0.6) is 11.5 Å². The van der Waals surface area contributed by atoms with Crippen LogP contribution in [-0.4, -0.2) is 36.0 Å². The third-order valence-electron chi connectivity index (χ3n) is 4.06. The molecule has 112 valence electrons. The minimum absolute atomic E-state index is 0.252. The molecule has 2 N–H and O–H groups in total. The molecule has 2 aromatic rings. The van der Waals surface area contributed by atoms with Crippen LogP contribution < -0.4 is 10.1 Å². The van der Waals surface area contributed by atoms with E-state index in [1.54, 1.807) is 12.1 Å². The number of aliphatic imine (C=N–C) groups is 1. The van der Waals surface area contributed by atoms with Gasteiger partial charge in [0.05, 0.1) is 30.1 Å². The van der Waals surface area contributed by atoms with Crippen molar-refractivity contribution >= 4 is 6.21 Å². The maximum absolute atomic E-state index is 9.42. The largest absolute Gasteiger partial charge is 0.508 e. The van der Waals surface area contributed by atoms with Gasteiger partial charge in [0, 0.05) is 36.9 Å². The van der Waals surface area contributed by atoms with Gasteiger partial charge in [-0.25, -0.2) is 4.98 Å². The molecule has 0 aliphatic carbocycles. The van der Waals surface area contributed by atoms with Crippen molar-refractivity contribution in [1.82, 2.24) is 10.3 Å². The number of pyridine rings is 1. The molecule has 0 spiro atoms. The lowest BCUT2D eigenvalue weighted by atomic mass is 10.1. The average Bonchev–Trinajstić information content (AvgIpc) is 2.94. The Kier molecular flexibility index (Phi) is 3.27. The molecule has 1 fully saturated rings. The topological polar surface area (TPSA) is 66.7 Å². The Bertz CT molecular complexity index is 721.